The number of esters is 1. The molecule has 0 heterocycles. The van der Waals surface area contributed by atoms with E-state index in [1.54, 1.807) is 0 Å². The van der Waals surface area contributed by atoms with Crippen LogP contribution in [0.5, 0.6) is 0 Å². The summed E-state index contributed by atoms with van der Waals surface area (Å²) >= 11 is 0. The smallest absolute Gasteiger partial charge is 0.309 e. The van der Waals surface area contributed by atoms with Crippen molar-refractivity contribution in [1.82, 2.24) is 0 Å². The predicted octanol–water partition coefficient (Wildman–Crippen LogP) is 5.14. The van der Waals surface area contributed by atoms with Crippen LogP contribution in [0.15, 0.2) is 24.3 Å². The summed E-state index contributed by atoms with van der Waals surface area (Å²) in [5, 5.41) is 0. The van der Waals surface area contributed by atoms with Gasteiger partial charge in [0.1, 0.15) is 11.9 Å². The van der Waals surface area contributed by atoms with Gasteiger partial charge < -0.3 is 4.74 Å². The predicted molar refractivity (Wildman–Crippen MR) is 107 cm³/mol. The van der Waals surface area contributed by atoms with Crippen molar-refractivity contribution in [2.75, 3.05) is 0 Å². The molecule has 0 saturated heterocycles. The first-order valence-corrected chi connectivity index (χ1v) is 10.6. The summed E-state index contributed by atoms with van der Waals surface area (Å²) in [5.74, 6) is 1.38. The fourth-order valence-corrected chi connectivity index (χ4v) is 4.62. The first-order chi connectivity index (χ1) is 12.8. The quantitative estimate of drug-likeness (QED) is 0.624. The van der Waals surface area contributed by atoms with E-state index < -0.39 is 0 Å². The van der Waals surface area contributed by atoms with E-state index in [2.05, 4.69) is 45.9 Å². The van der Waals surface area contributed by atoms with Gasteiger partial charge in [0, 0.05) is 12.3 Å². The summed E-state index contributed by atoms with van der Waals surface area (Å²) in [5.41, 5.74) is 2.41. The molecule has 2 aliphatic carbocycles. The fraction of sp³-hybridized carbons (Fsp3) is 0.667. The van der Waals surface area contributed by atoms with Crippen molar-refractivity contribution >= 4 is 11.8 Å². The number of carbonyl (C=O) groups excluding carboxylic acids is 2. The van der Waals surface area contributed by atoms with Crippen molar-refractivity contribution in [1.29, 1.82) is 0 Å². The molecule has 0 aromatic heterocycles. The van der Waals surface area contributed by atoms with Gasteiger partial charge in [-0.05, 0) is 55.9 Å². The van der Waals surface area contributed by atoms with Crippen LogP contribution in [0.2, 0.25) is 0 Å². The minimum atomic E-state index is -0.194. The highest BCUT2D eigenvalue weighted by Gasteiger charge is 2.49. The highest BCUT2D eigenvalue weighted by Crippen LogP contribution is 2.43. The summed E-state index contributed by atoms with van der Waals surface area (Å²) in [6.45, 7) is 8.74. The van der Waals surface area contributed by atoms with Crippen LogP contribution in [-0.2, 0) is 20.7 Å². The van der Waals surface area contributed by atoms with E-state index >= 15 is 0 Å². The van der Waals surface area contributed by atoms with E-state index in [4.69, 9.17) is 4.74 Å². The Kier molecular flexibility index (Phi) is 6.39. The Morgan fingerprint density at radius 1 is 1.15 bits per heavy atom. The molecule has 1 aromatic rings. The van der Waals surface area contributed by atoms with Gasteiger partial charge in [0.15, 0.2) is 0 Å². The molecule has 5 atom stereocenters. The number of benzene rings is 1. The van der Waals surface area contributed by atoms with E-state index in [0.29, 0.717) is 30.6 Å². The third-order valence-electron chi connectivity index (χ3n) is 6.48. The van der Waals surface area contributed by atoms with Crippen molar-refractivity contribution < 1.29 is 14.3 Å². The molecule has 2 aliphatic rings. The van der Waals surface area contributed by atoms with Crippen molar-refractivity contribution in [2.24, 2.45) is 29.6 Å². The zero-order chi connectivity index (χ0) is 19.6. The lowest BCUT2D eigenvalue weighted by molar-refractivity contribution is -0.158. The third-order valence-corrected chi connectivity index (χ3v) is 6.48. The average Bonchev–Trinajstić information content (AvgIpc) is 3.40. The Balaban J connectivity index is 1.48. The molecular formula is C24H34O3. The van der Waals surface area contributed by atoms with E-state index in [1.165, 1.54) is 17.5 Å². The van der Waals surface area contributed by atoms with E-state index in [0.717, 1.165) is 19.3 Å². The summed E-state index contributed by atoms with van der Waals surface area (Å²) in [6, 6.07) is 8.29. The summed E-state index contributed by atoms with van der Waals surface area (Å²) < 4.78 is 5.93. The SMILES string of the molecule is Cc1cccc(CCC(=O)[C@H]2C[C@@H]2C(=O)O[C@@H]2C[C@H](C)CC[C@H]2C(C)C)c1. The minimum absolute atomic E-state index is 0.0323. The van der Waals surface area contributed by atoms with Crippen LogP contribution >= 0.6 is 0 Å². The maximum atomic E-state index is 12.6. The molecule has 27 heavy (non-hydrogen) atoms. The molecule has 2 saturated carbocycles. The number of aryl methyl sites for hydroxylation is 2. The van der Waals surface area contributed by atoms with Gasteiger partial charge in [-0.15, -0.1) is 0 Å². The van der Waals surface area contributed by atoms with E-state index in [1.807, 2.05) is 6.07 Å². The number of hydrogen-bond donors (Lipinski definition) is 0. The number of ketones is 1. The molecular weight excluding hydrogens is 336 g/mol. The third kappa shape index (κ3) is 5.21. The number of ether oxygens (including phenoxy) is 1. The summed E-state index contributed by atoms with van der Waals surface area (Å²) in [4.78, 5) is 25.1. The van der Waals surface area contributed by atoms with Crippen LogP contribution in [0.25, 0.3) is 0 Å². The molecule has 1 aromatic carbocycles. The Morgan fingerprint density at radius 2 is 1.93 bits per heavy atom. The van der Waals surface area contributed by atoms with E-state index in [9.17, 15) is 9.59 Å². The number of rotatable bonds is 7. The Labute approximate surface area is 163 Å². The van der Waals surface area contributed by atoms with Gasteiger partial charge in [-0.25, -0.2) is 0 Å². The molecule has 0 aliphatic heterocycles. The van der Waals surface area contributed by atoms with Crippen LogP contribution in [0, 0.1) is 36.5 Å². The van der Waals surface area contributed by atoms with Gasteiger partial charge in [-0.1, -0.05) is 57.0 Å². The lowest BCUT2D eigenvalue weighted by atomic mass is 9.75. The lowest BCUT2D eigenvalue weighted by Gasteiger charge is -2.36. The summed E-state index contributed by atoms with van der Waals surface area (Å²) in [7, 11) is 0. The zero-order valence-electron chi connectivity index (χ0n) is 17.2. The van der Waals surface area contributed by atoms with Crippen molar-refractivity contribution in [2.45, 2.75) is 72.3 Å². The van der Waals surface area contributed by atoms with Crippen LogP contribution in [0.1, 0.15) is 64.0 Å². The highest BCUT2D eigenvalue weighted by molar-refractivity contribution is 5.91. The maximum Gasteiger partial charge on any atom is 0.309 e. The number of Topliss-reactive ketones (excluding diaryl/α,β-unsaturated/α-hetero) is 1. The molecule has 3 heteroatoms. The van der Waals surface area contributed by atoms with Gasteiger partial charge >= 0.3 is 5.97 Å². The maximum absolute atomic E-state index is 12.6. The normalized spacial score (nSPS) is 30.2. The zero-order valence-corrected chi connectivity index (χ0v) is 17.2. The van der Waals surface area contributed by atoms with Crippen molar-refractivity contribution in [3.8, 4) is 0 Å². The average molecular weight is 371 g/mol. The minimum Gasteiger partial charge on any atom is -0.462 e. The van der Waals surface area contributed by atoms with E-state index in [-0.39, 0.29) is 29.7 Å². The standard InChI is InChI=1S/C24H34O3/c1-15(2)19-10-8-17(4)13-23(19)27-24(26)21-14-20(21)22(25)11-9-18-7-5-6-16(3)12-18/h5-7,12,15,17,19-21,23H,8-11,13-14H2,1-4H3/t17-,19+,20+,21+,23-/m1/s1. The molecule has 3 rings (SSSR count). The van der Waals surface area contributed by atoms with Gasteiger partial charge in [0.2, 0.25) is 0 Å². The second-order valence-electron chi connectivity index (χ2n) is 9.21. The molecule has 3 nitrogen and oxygen atoms in total. The molecule has 0 N–H and O–H groups in total. The van der Waals surface area contributed by atoms with Crippen molar-refractivity contribution in [3.63, 3.8) is 0 Å². The Bertz CT molecular complexity index is 678. The molecule has 0 amide bonds. The van der Waals surface area contributed by atoms with Crippen LogP contribution in [-0.4, -0.2) is 17.9 Å². The molecule has 0 spiro atoms. The fourth-order valence-electron chi connectivity index (χ4n) is 4.62. The molecule has 2 fully saturated rings. The molecule has 0 bridgehead atoms. The highest BCUT2D eigenvalue weighted by atomic mass is 16.5. The summed E-state index contributed by atoms with van der Waals surface area (Å²) in [6.07, 6.45) is 5.32. The first kappa shape index (κ1) is 20.1. The largest absolute Gasteiger partial charge is 0.462 e. The first-order valence-electron chi connectivity index (χ1n) is 10.6. The number of carbonyl (C=O) groups is 2. The van der Waals surface area contributed by atoms with Crippen LogP contribution in [0.4, 0.5) is 0 Å². The molecule has 0 unspecified atom stereocenters. The molecule has 148 valence electrons. The second-order valence-corrected chi connectivity index (χ2v) is 9.21. The Hall–Kier alpha value is -1.64. The van der Waals surface area contributed by atoms with Gasteiger partial charge in [0.25, 0.3) is 0 Å². The van der Waals surface area contributed by atoms with Crippen LogP contribution < -0.4 is 0 Å². The topological polar surface area (TPSA) is 43.4 Å². The second kappa shape index (κ2) is 8.58. The van der Waals surface area contributed by atoms with Gasteiger partial charge in [-0.2, -0.15) is 0 Å². The molecule has 0 radical (unpaired) electrons. The van der Waals surface area contributed by atoms with Crippen LogP contribution in [0.3, 0.4) is 0 Å². The Morgan fingerprint density at radius 3 is 2.63 bits per heavy atom. The van der Waals surface area contributed by atoms with Gasteiger partial charge in [0.05, 0.1) is 5.92 Å². The number of hydrogen-bond acceptors (Lipinski definition) is 3. The van der Waals surface area contributed by atoms with Gasteiger partial charge in [-0.3, -0.25) is 9.59 Å². The monoisotopic (exact) mass is 370 g/mol. The van der Waals surface area contributed by atoms with Crippen molar-refractivity contribution in [3.05, 3.63) is 35.4 Å². The lowest BCUT2D eigenvalue weighted by Crippen LogP contribution is -2.36.